The molecular weight excluding hydrogens is 358 g/mol. The molecule has 136 valence electrons. The monoisotopic (exact) mass is 378 g/mol. The van der Waals surface area contributed by atoms with Gasteiger partial charge in [-0.05, 0) is 6.42 Å². The van der Waals surface area contributed by atoms with Gasteiger partial charge in [0.05, 0.1) is 0 Å². The maximum absolute atomic E-state index is 11.3. The molecular formula is C8H20N4O9P2. The normalized spacial score (nSPS) is 15.2. The van der Waals surface area contributed by atoms with Crippen LogP contribution in [0.5, 0.6) is 0 Å². The number of guanidine groups is 1. The van der Waals surface area contributed by atoms with Gasteiger partial charge >= 0.3 is 21.2 Å². The molecule has 0 aliphatic carbocycles. The fourth-order valence-corrected chi connectivity index (χ4v) is 3.37. The van der Waals surface area contributed by atoms with Crippen molar-refractivity contribution >= 4 is 27.1 Å². The SMILES string of the molecule is NC(N)=NCCC[C@@](O)(C(=O)O)N(CP(=O)(O)O)CP(=O)(O)O. The summed E-state index contributed by atoms with van der Waals surface area (Å²) in [5, 5.41) is 19.3. The van der Waals surface area contributed by atoms with Gasteiger partial charge in [-0.1, -0.05) is 0 Å². The van der Waals surface area contributed by atoms with Crippen LogP contribution >= 0.6 is 15.2 Å². The fourth-order valence-electron chi connectivity index (χ4n) is 1.66. The van der Waals surface area contributed by atoms with Crippen LogP contribution in [0.2, 0.25) is 0 Å². The molecule has 0 aromatic heterocycles. The number of aliphatic carboxylic acids is 1. The van der Waals surface area contributed by atoms with Gasteiger partial charge < -0.3 is 41.3 Å². The second kappa shape index (κ2) is 8.18. The highest BCUT2D eigenvalue weighted by atomic mass is 31.2. The van der Waals surface area contributed by atoms with Gasteiger partial charge in [0.1, 0.15) is 12.6 Å². The van der Waals surface area contributed by atoms with Gasteiger partial charge in [0.2, 0.25) is 5.72 Å². The Kier molecular flexibility index (Phi) is 7.81. The first kappa shape index (κ1) is 22.0. The van der Waals surface area contributed by atoms with Crippen molar-refractivity contribution in [1.29, 1.82) is 0 Å². The Bertz CT molecular complexity index is 516. The summed E-state index contributed by atoms with van der Waals surface area (Å²) >= 11 is 0. The van der Waals surface area contributed by atoms with Crippen LogP contribution in [-0.2, 0) is 13.9 Å². The number of nitrogens with two attached hydrogens (primary N) is 2. The van der Waals surface area contributed by atoms with Crippen LogP contribution in [0.15, 0.2) is 4.99 Å². The Balaban J connectivity index is 5.40. The van der Waals surface area contributed by atoms with Crippen LogP contribution in [0.25, 0.3) is 0 Å². The molecule has 0 unspecified atom stereocenters. The minimum atomic E-state index is -4.91. The van der Waals surface area contributed by atoms with Gasteiger partial charge in [-0.25, -0.2) is 9.69 Å². The zero-order valence-corrected chi connectivity index (χ0v) is 13.7. The van der Waals surface area contributed by atoms with E-state index in [9.17, 15) is 19.0 Å². The topological polar surface area (TPSA) is 240 Å². The number of aliphatic hydroxyl groups is 1. The average Bonchev–Trinajstić information content (AvgIpc) is 2.29. The number of carboxylic acid groups (broad SMARTS) is 1. The molecule has 0 fully saturated rings. The largest absolute Gasteiger partial charge is 0.478 e. The number of hydrogen-bond donors (Lipinski definition) is 8. The maximum atomic E-state index is 11.3. The van der Waals surface area contributed by atoms with Crippen molar-refractivity contribution in [3.63, 3.8) is 0 Å². The minimum Gasteiger partial charge on any atom is -0.478 e. The molecule has 13 nitrogen and oxygen atoms in total. The van der Waals surface area contributed by atoms with Gasteiger partial charge in [-0.3, -0.25) is 14.1 Å². The summed E-state index contributed by atoms with van der Waals surface area (Å²) in [5.41, 5.74) is 7.21. The molecule has 0 aliphatic rings. The highest BCUT2D eigenvalue weighted by Gasteiger charge is 2.46. The molecule has 0 rings (SSSR count). The summed E-state index contributed by atoms with van der Waals surface area (Å²) in [5.74, 6) is -2.21. The van der Waals surface area contributed by atoms with E-state index in [1.807, 2.05) is 0 Å². The summed E-state index contributed by atoms with van der Waals surface area (Å²) in [6, 6.07) is 0. The molecule has 0 radical (unpaired) electrons. The zero-order chi connectivity index (χ0) is 18.5. The number of nitrogens with zero attached hydrogens (tertiary/aromatic N) is 2. The fraction of sp³-hybridized carbons (Fsp3) is 0.750. The molecule has 0 amide bonds. The summed E-state index contributed by atoms with van der Waals surface area (Å²) in [6.45, 7) is -0.0996. The Hall–Kier alpha value is -1.04. The lowest BCUT2D eigenvalue weighted by molar-refractivity contribution is -0.181. The summed E-state index contributed by atoms with van der Waals surface area (Å²) < 4.78 is 22.1. The predicted octanol–water partition coefficient (Wildman–Crippen LogP) is -2.61. The molecule has 0 spiro atoms. The van der Waals surface area contributed by atoms with Crippen LogP contribution in [0.4, 0.5) is 0 Å². The second-order valence-electron chi connectivity index (χ2n) is 4.68. The molecule has 10 N–H and O–H groups in total. The zero-order valence-electron chi connectivity index (χ0n) is 11.9. The predicted molar refractivity (Wildman–Crippen MR) is 78.2 cm³/mol. The van der Waals surface area contributed by atoms with Crippen molar-refractivity contribution in [2.75, 3.05) is 19.1 Å². The summed E-state index contributed by atoms with van der Waals surface area (Å²) in [7, 11) is -9.81. The van der Waals surface area contributed by atoms with E-state index in [4.69, 9.17) is 36.1 Å². The molecule has 0 saturated heterocycles. The van der Waals surface area contributed by atoms with Gasteiger partial charge in [-0.2, -0.15) is 0 Å². The van der Waals surface area contributed by atoms with E-state index in [0.717, 1.165) is 0 Å². The third-order valence-electron chi connectivity index (χ3n) is 2.55. The molecule has 0 heterocycles. The minimum absolute atomic E-state index is 0.0996. The van der Waals surface area contributed by atoms with Crippen molar-refractivity contribution in [1.82, 2.24) is 4.90 Å². The summed E-state index contributed by atoms with van der Waals surface area (Å²) in [4.78, 5) is 50.7. The third kappa shape index (κ3) is 8.98. The van der Waals surface area contributed by atoms with Gasteiger partial charge in [0, 0.05) is 13.0 Å². The number of rotatable bonds is 10. The van der Waals surface area contributed by atoms with E-state index in [2.05, 4.69) is 4.99 Å². The molecule has 0 aliphatic heterocycles. The molecule has 0 aromatic carbocycles. The highest BCUT2D eigenvalue weighted by Crippen LogP contribution is 2.44. The lowest BCUT2D eigenvalue weighted by atomic mass is 10.1. The Morgan fingerprint density at radius 1 is 1.09 bits per heavy atom. The highest BCUT2D eigenvalue weighted by molar-refractivity contribution is 7.52. The van der Waals surface area contributed by atoms with Gasteiger partial charge in [-0.15, -0.1) is 0 Å². The lowest BCUT2D eigenvalue weighted by Crippen LogP contribution is -2.55. The Labute approximate surface area is 130 Å². The maximum Gasteiger partial charge on any atom is 0.351 e. The molecule has 15 heteroatoms. The number of carboxylic acids is 1. The molecule has 1 atom stereocenters. The van der Waals surface area contributed by atoms with E-state index in [0.29, 0.717) is 0 Å². The van der Waals surface area contributed by atoms with Crippen molar-refractivity contribution in [3.05, 3.63) is 0 Å². The number of hydrogen-bond acceptors (Lipinski definition) is 6. The quantitative estimate of drug-likeness (QED) is 0.0641. The summed E-state index contributed by atoms with van der Waals surface area (Å²) in [6.07, 6.45) is -3.47. The lowest BCUT2D eigenvalue weighted by Gasteiger charge is -2.36. The standard InChI is InChI=1S/C8H20N4O9P2/c9-7(10)11-3-1-2-8(15,6(13)14)12(4-22(16,17)18)5-23(19,20)21/h15H,1-5H2,(H,13,14)(H4,9,10,11)(H2,16,17,18)(H2,19,20,21)/t8-/m1/s1. The first-order valence-electron chi connectivity index (χ1n) is 6.03. The van der Waals surface area contributed by atoms with Crippen molar-refractivity contribution < 1.29 is 43.7 Å². The van der Waals surface area contributed by atoms with E-state index in [1.54, 1.807) is 0 Å². The molecule has 0 saturated carbocycles. The van der Waals surface area contributed by atoms with Crippen molar-refractivity contribution in [2.45, 2.75) is 18.6 Å². The molecule has 23 heavy (non-hydrogen) atoms. The van der Waals surface area contributed by atoms with Crippen LogP contribution in [0.1, 0.15) is 12.8 Å². The van der Waals surface area contributed by atoms with Gasteiger partial charge in [0.15, 0.2) is 5.96 Å². The van der Waals surface area contributed by atoms with Crippen molar-refractivity contribution in [3.8, 4) is 0 Å². The first-order valence-corrected chi connectivity index (χ1v) is 9.62. The number of aliphatic imine (C=N–C) groups is 1. The van der Waals surface area contributed by atoms with E-state index < -0.39 is 45.9 Å². The van der Waals surface area contributed by atoms with Crippen LogP contribution in [-0.4, -0.2) is 71.5 Å². The molecule has 0 aromatic rings. The second-order valence-corrected chi connectivity index (χ2v) is 7.91. The van der Waals surface area contributed by atoms with E-state index >= 15 is 0 Å². The van der Waals surface area contributed by atoms with Crippen molar-refractivity contribution in [2.24, 2.45) is 16.5 Å². The van der Waals surface area contributed by atoms with Gasteiger partial charge in [0.25, 0.3) is 0 Å². The number of carbonyl (C=O) groups is 1. The molecule has 0 bridgehead atoms. The van der Waals surface area contributed by atoms with E-state index in [1.165, 1.54) is 0 Å². The van der Waals surface area contributed by atoms with Crippen LogP contribution in [0, 0.1) is 0 Å². The first-order chi connectivity index (χ1) is 10.2. The average molecular weight is 378 g/mol. The van der Waals surface area contributed by atoms with Crippen LogP contribution in [0.3, 0.4) is 0 Å². The smallest absolute Gasteiger partial charge is 0.351 e. The van der Waals surface area contributed by atoms with E-state index in [-0.39, 0.29) is 23.8 Å². The third-order valence-corrected chi connectivity index (χ3v) is 3.97. The Morgan fingerprint density at radius 3 is 1.83 bits per heavy atom. The Morgan fingerprint density at radius 2 is 1.52 bits per heavy atom. The van der Waals surface area contributed by atoms with Crippen LogP contribution < -0.4 is 11.5 Å².